The van der Waals surface area contributed by atoms with E-state index in [0.29, 0.717) is 10.4 Å². The third kappa shape index (κ3) is 2.91. The molecule has 110 valence electrons. The molecule has 1 N–H and O–H groups in total. The molecule has 2 saturated carbocycles. The van der Waals surface area contributed by atoms with Gasteiger partial charge in [-0.2, -0.15) is 5.10 Å². The van der Waals surface area contributed by atoms with Crippen molar-refractivity contribution in [3.8, 4) is 0 Å². The minimum absolute atomic E-state index is 0.0473. The Kier molecular flexibility index (Phi) is 4.12. The van der Waals surface area contributed by atoms with E-state index in [1.165, 1.54) is 12.8 Å². The average Bonchev–Trinajstić information content (AvgIpc) is 3.15. The third-order valence-electron chi connectivity index (χ3n) is 4.21. The minimum atomic E-state index is -0.0473. The molecule has 0 saturated heterocycles. The summed E-state index contributed by atoms with van der Waals surface area (Å²) in [6.07, 6.45) is 7.68. The Morgan fingerprint density at radius 3 is 2.95 bits per heavy atom. The topological polar surface area (TPSA) is 56.1 Å². The molecule has 0 aliphatic heterocycles. The number of aromatic nitrogens is 2. The van der Waals surface area contributed by atoms with Crippen molar-refractivity contribution in [1.82, 2.24) is 9.78 Å². The summed E-state index contributed by atoms with van der Waals surface area (Å²) < 4.78 is 7.61. The summed E-state index contributed by atoms with van der Waals surface area (Å²) in [5, 5.41) is 7.68. The minimum Gasteiger partial charge on any atom is -0.379 e. The monoisotopic (exact) mass is 341 g/mol. The summed E-state index contributed by atoms with van der Waals surface area (Å²) >= 11 is 3.41. The lowest BCUT2D eigenvalue weighted by Gasteiger charge is -2.21. The molecular weight excluding hydrogens is 322 g/mol. The van der Waals surface area contributed by atoms with E-state index < -0.39 is 0 Å². The second-order valence-electron chi connectivity index (χ2n) is 5.76. The van der Waals surface area contributed by atoms with E-state index in [4.69, 9.17) is 4.74 Å². The summed E-state index contributed by atoms with van der Waals surface area (Å²) in [7, 11) is 1.74. The van der Waals surface area contributed by atoms with Gasteiger partial charge in [0.25, 0.3) is 5.56 Å². The number of nitrogens with one attached hydrogen (secondary N) is 1. The lowest BCUT2D eigenvalue weighted by Crippen LogP contribution is -2.32. The molecule has 1 aromatic rings. The Hall–Kier alpha value is -0.880. The fourth-order valence-electron chi connectivity index (χ4n) is 2.81. The van der Waals surface area contributed by atoms with Gasteiger partial charge in [0.1, 0.15) is 4.47 Å². The molecule has 2 atom stereocenters. The van der Waals surface area contributed by atoms with Crippen LogP contribution in [0, 0.1) is 5.92 Å². The second kappa shape index (κ2) is 5.85. The number of hydrogen-bond acceptors (Lipinski definition) is 4. The highest BCUT2D eigenvalue weighted by Gasteiger charge is 2.28. The Bertz CT molecular complexity index is 542. The van der Waals surface area contributed by atoms with Crippen LogP contribution in [0.1, 0.15) is 32.1 Å². The average molecular weight is 342 g/mol. The van der Waals surface area contributed by atoms with Crippen LogP contribution in [0.25, 0.3) is 0 Å². The number of nitrogens with zero attached hydrogens (tertiary/aromatic N) is 2. The Labute approximate surface area is 126 Å². The molecule has 2 fully saturated rings. The first-order chi connectivity index (χ1) is 9.69. The summed E-state index contributed by atoms with van der Waals surface area (Å²) in [5.41, 5.74) is 0.727. The lowest BCUT2D eigenvalue weighted by molar-refractivity contribution is 0.101. The van der Waals surface area contributed by atoms with Crippen LogP contribution in [0.15, 0.2) is 15.5 Å². The zero-order chi connectivity index (χ0) is 14.1. The fourth-order valence-corrected chi connectivity index (χ4v) is 3.24. The van der Waals surface area contributed by atoms with Crippen molar-refractivity contribution in [3.63, 3.8) is 0 Å². The van der Waals surface area contributed by atoms with Gasteiger partial charge in [0.2, 0.25) is 0 Å². The standard InChI is InChI=1S/C14H20BrN3O2/c1-20-12-4-2-3-10(12)17-11-7-16-18(8-9-5-6-9)14(19)13(11)15/h7,9-10,12,17H,2-6,8H2,1H3. The normalized spacial score (nSPS) is 25.9. The predicted octanol–water partition coefficient (Wildman–Crippen LogP) is 2.40. The van der Waals surface area contributed by atoms with E-state index in [0.717, 1.165) is 31.5 Å². The molecule has 0 radical (unpaired) electrons. The van der Waals surface area contributed by atoms with Gasteiger partial charge in [0.05, 0.1) is 24.0 Å². The van der Waals surface area contributed by atoms with Crippen LogP contribution >= 0.6 is 15.9 Å². The third-order valence-corrected chi connectivity index (χ3v) is 4.98. The van der Waals surface area contributed by atoms with Crippen molar-refractivity contribution in [2.24, 2.45) is 5.92 Å². The lowest BCUT2D eigenvalue weighted by atomic mass is 10.2. The highest BCUT2D eigenvalue weighted by Crippen LogP contribution is 2.30. The van der Waals surface area contributed by atoms with Gasteiger partial charge in [-0.25, -0.2) is 4.68 Å². The van der Waals surface area contributed by atoms with E-state index in [9.17, 15) is 4.79 Å². The van der Waals surface area contributed by atoms with E-state index in [2.05, 4.69) is 26.3 Å². The summed E-state index contributed by atoms with van der Waals surface area (Å²) in [6.45, 7) is 0.738. The summed E-state index contributed by atoms with van der Waals surface area (Å²) in [5.74, 6) is 0.638. The molecule has 2 unspecified atom stereocenters. The van der Waals surface area contributed by atoms with E-state index >= 15 is 0 Å². The number of hydrogen-bond donors (Lipinski definition) is 1. The number of rotatable bonds is 5. The highest BCUT2D eigenvalue weighted by atomic mass is 79.9. The smallest absolute Gasteiger partial charge is 0.283 e. The van der Waals surface area contributed by atoms with Crippen molar-refractivity contribution in [2.75, 3.05) is 12.4 Å². The first-order valence-electron chi connectivity index (χ1n) is 7.24. The van der Waals surface area contributed by atoms with Crippen LogP contribution in [-0.2, 0) is 11.3 Å². The predicted molar refractivity (Wildman–Crippen MR) is 81.0 cm³/mol. The van der Waals surface area contributed by atoms with Crippen LogP contribution in [-0.4, -0.2) is 29.0 Å². The van der Waals surface area contributed by atoms with Gasteiger partial charge in [0.15, 0.2) is 0 Å². The van der Waals surface area contributed by atoms with Gasteiger partial charge in [-0.1, -0.05) is 0 Å². The molecule has 20 heavy (non-hydrogen) atoms. The fraction of sp³-hybridized carbons (Fsp3) is 0.714. The SMILES string of the molecule is COC1CCCC1Nc1cnn(CC2CC2)c(=O)c1Br. The Morgan fingerprint density at radius 2 is 2.25 bits per heavy atom. The van der Waals surface area contributed by atoms with Crippen molar-refractivity contribution >= 4 is 21.6 Å². The van der Waals surface area contributed by atoms with Crippen LogP contribution in [0.4, 0.5) is 5.69 Å². The maximum atomic E-state index is 12.3. The quantitative estimate of drug-likeness (QED) is 0.893. The largest absolute Gasteiger partial charge is 0.379 e. The summed E-state index contributed by atoms with van der Waals surface area (Å²) in [6, 6.07) is 0.261. The molecule has 0 spiro atoms. The van der Waals surface area contributed by atoms with Crippen molar-refractivity contribution in [3.05, 3.63) is 21.0 Å². The molecule has 1 heterocycles. The van der Waals surface area contributed by atoms with E-state index in [1.54, 1.807) is 18.0 Å². The van der Waals surface area contributed by atoms with Crippen LogP contribution < -0.4 is 10.9 Å². The molecule has 0 bridgehead atoms. The maximum Gasteiger partial charge on any atom is 0.283 e. The molecule has 0 amide bonds. The molecule has 1 aromatic heterocycles. The highest BCUT2D eigenvalue weighted by molar-refractivity contribution is 9.10. The maximum absolute atomic E-state index is 12.3. The molecule has 5 nitrogen and oxygen atoms in total. The molecule has 3 rings (SSSR count). The molecule has 2 aliphatic rings. The van der Waals surface area contributed by atoms with Crippen molar-refractivity contribution in [2.45, 2.75) is 50.8 Å². The number of halogens is 1. The zero-order valence-electron chi connectivity index (χ0n) is 11.6. The number of ether oxygens (including phenoxy) is 1. The van der Waals surface area contributed by atoms with Crippen LogP contribution in [0.5, 0.6) is 0 Å². The zero-order valence-corrected chi connectivity index (χ0v) is 13.2. The van der Waals surface area contributed by atoms with Gasteiger partial charge in [0, 0.05) is 13.7 Å². The first-order valence-corrected chi connectivity index (χ1v) is 8.03. The van der Waals surface area contributed by atoms with Gasteiger partial charge < -0.3 is 10.1 Å². The van der Waals surface area contributed by atoms with Crippen molar-refractivity contribution in [1.29, 1.82) is 0 Å². The Morgan fingerprint density at radius 1 is 1.45 bits per heavy atom. The van der Waals surface area contributed by atoms with Gasteiger partial charge in [-0.05, 0) is 54.0 Å². The molecular formula is C14H20BrN3O2. The number of methoxy groups -OCH3 is 1. The molecule has 0 aromatic carbocycles. The van der Waals surface area contributed by atoms with Crippen molar-refractivity contribution < 1.29 is 4.74 Å². The van der Waals surface area contributed by atoms with Crippen LogP contribution in [0.3, 0.4) is 0 Å². The second-order valence-corrected chi connectivity index (χ2v) is 6.55. The number of anilines is 1. The van der Waals surface area contributed by atoms with Gasteiger partial charge in [-0.15, -0.1) is 0 Å². The summed E-state index contributed by atoms with van der Waals surface area (Å²) in [4.78, 5) is 12.3. The van der Waals surface area contributed by atoms with Gasteiger partial charge >= 0.3 is 0 Å². The molecule has 6 heteroatoms. The van der Waals surface area contributed by atoms with Gasteiger partial charge in [-0.3, -0.25) is 4.79 Å². The van der Waals surface area contributed by atoms with Crippen LogP contribution in [0.2, 0.25) is 0 Å². The van der Waals surface area contributed by atoms with E-state index in [-0.39, 0.29) is 17.7 Å². The Balaban J connectivity index is 1.76. The molecule has 2 aliphatic carbocycles. The van der Waals surface area contributed by atoms with E-state index in [1.807, 2.05) is 0 Å². The first kappa shape index (κ1) is 14.1.